The summed E-state index contributed by atoms with van der Waals surface area (Å²) in [4.78, 5) is 1.12. The van der Waals surface area contributed by atoms with Gasteiger partial charge in [-0.1, -0.05) is 0 Å². The molecule has 0 radical (unpaired) electrons. The largest absolute Gasteiger partial charge is 0.504 e. The Hall–Kier alpha value is -1.59. The smallest absolute Gasteiger partial charge is 0.160 e. The van der Waals surface area contributed by atoms with Gasteiger partial charge in [-0.25, -0.2) is 4.39 Å². The van der Waals surface area contributed by atoms with Crippen LogP contribution in [0, 0.1) is 5.82 Å². The van der Waals surface area contributed by atoms with Crippen LogP contribution in [0.2, 0.25) is 0 Å². The molecule has 2 heterocycles. The molecule has 0 saturated heterocycles. The molecule has 1 aromatic carbocycles. The molecule has 3 nitrogen and oxygen atoms in total. The van der Waals surface area contributed by atoms with Crippen molar-refractivity contribution in [3.8, 4) is 11.5 Å². The van der Waals surface area contributed by atoms with Gasteiger partial charge in [0.25, 0.3) is 0 Å². The molecule has 1 unspecified atom stereocenters. The van der Waals surface area contributed by atoms with Crippen molar-refractivity contribution in [2.75, 3.05) is 6.54 Å². The predicted molar refractivity (Wildman–Crippen MR) is 67.6 cm³/mol. The van der Waals surface area contributed by atoms with E-state index in [2.05, 4.69) is 5.32 Å². The van der Waals surface area contributed by atoms with Gasteiger partial charge in [-0.05, 0) is 23.1 Å². The minimum absolute atomic E-state index is 0.111. The molecule has 0 bridgehead atoms. The van der Waals surface area contributed by atoms with Gasteiger partial charge in [0.2, 0.25) is 0 Å². The molecule has 0 spiro atoms. The maximum absolute atomic E-state index is 13.9. The summed E-state index contributed by atoms with van der Waals surface area (Å²) in [6, 6.07) is 4.30. The fraction of sp³-hybridized carbons (Fsp3) is 0.231. The zero-order valence-corrected chi connectivity index (χ0v) is 10.3. The highest BCUT2D eigenvalue weighted by Gasteiger charge is 2.26. The number of nitrogens with one attached hydrogen (secondary N) is 1. The lowest BCUT2D eigenvalue weighted by Crippen LogP contribution is -2.27. The summed E-state index contributed by atoms with van der Waals surface area (Å²) in [5, 5.41) is 24.0. The molecule has 94 valence electrons. The SMILES string of the molecule is Oc1cc(F)c(C2CNCc3ccsc32)cc1O. The maximum Gasteiger partial charge on any atom is 0.160 e. The zero-order chi connectivity index (χ0) is 12.7. The number of hydrogen-bond acceptors (Lipinski definition) is 4. The third-order valence-corrected chi connectivity index (χ3v) is 4.30. The van der Waals surface area contributed by atoms with E-state index < -0.39 is 11.6 Å². The van der Waals surface area contributed by atoms with Gasteiger partial charge in [0, 0.05) is 35.5 Å². The van der Waals surface area contributed by atoms with Gasteiger partial charge < -0.3 is 15.5 Å². The van der Waals surface area contributed by atoms with Crippen LogP contribution in [0.3, 0.4) is 0 Å². The highest BCUT2D eigenvalue weighted by molar-refractivity contribution is 7.10. The number of aromatic hydroxyl groups is 2. The van der Waals surface area contributed by atoms with Crippen molar-refractivity contribution < 1.29 is 14.6 Å². The Morgan fingerprint density at radius 3 is 2.89 bits per heavy atom. The average Bonchev–Trinajstić information content (AvgIpc) is 2.82. The maximum atomic E-state index is 13.9. The number of thiophene rings is 1. The molecule has 2 aromatic rings. The molecule has 5 heteroatoms. The van der Waals surface area contributed by atoms with Crippen molar-refractivity contribution in [3.63, 3.8) is 0 Å². The van der Waals surface area contributed by atoms with E-state index in [-0.39, 0.29) is 11.7 Å². The monoisotopic (exact) mass is 265 g/mol. The number of halogens is 1. The quantitative estimate of drug-likeness (QED) is 0.694. The minimum atomic E-state index is -0.488. The summed E-state index contributed by atoms with van der Waals surface area (Å²) < 4.78 is 13.9. The number of benzene rings is 1. The third-order valence-electron chi connectivity index (χ3n) is 3.23. The number of hydrogen-bond donors (Lipinski definition) is 3. The molecular formula is C13H12FNO2S. The van der Waals surface area contributed by atoms with Gasteiger partial charge in [0.05, 0.1) is 0 Å². The van der Waals surface area contributed by atoms with Crippen LogP contribution in [-0.2, 0) is 6.54 Å². The highest BCUT2D eigenvalue weighted by atomic mass is 32.1. The molecule has 1 aliphatic heterocycles. The van der Waals surface area contributed by atoms with E-state index in [4.69, 9.17) is 0 Å². The summed E-state index contributed by atoms with van der Waals surface area (Å²) in [7, 11) is 0. The molecule has 0 amide bonds. The lowest BCUT2D eigenvalue weighted by Gasteiger charge is -2.24. The molecule has 3 rings (SSSR count). The Labute approximate surface area is 108 Å². The molecule has 1 aliphatic rings. The Bertz CT molecular complexity index is 597. The fourth-order valence-electron chi connectivity index (χ4n) is 2.33. The molecule has 0 saturated carbocycles. The van der Waals surface area contributed by atoms with Crippen molar-refractivity contribution in [3.05, 3.63) is 45.4 Å². The number of phenolic OH excluding ortho intramolecular Hbond substituents is 2. The molecule has 3 N–H and O–H groups in total. The van der Waals surface area contributed by atoms with E-state index >= 15 is 0 Å². The summed E-state index contributed by atoms with van der Waals surface area (Å²) in [6.45, 7) is 1.43. The van der Waals surface area contributed by atoms with Gasteiger partial charge in [-0.15, -0.1) is 11.3 Å². The predicted octanol–water partition coefficient (Wildman–Crippen LogP) is 2.53. The third kappa shape index (κ3) is 1.76. The van der Waals surface area contributed by atoms with Crippen molar-refractivity contribution in [1.29, 1.82) is 0 Å². The second-order valence-electron chi connectivity index (χ2n) is 4.36. The Morgan fingerprint density at radius 1 is 1.28 bits per heavy atom. The second kappa shape index (κ2) is 4.26. The van der Waals surface area contributed by atoms with Gasteiger partial charge in [-0.3, -0.25) is 0 Å². The first-order valence-corrected chi connectivity index (χ1v) is 6.53. The number of rotatable bonds is 1. The topological polar surface area (TPSA) is 52.5 Å². The van der Waals surface area contributed by atoms with Gasteiger partial charge in [0.1, 0.15) is 5.82 Å². The van der Waals surface area contributed by atoms with Gasteiger partial charge in [-0.2, -0.15) is 0 Å². The summed E-state index contributed by atoms with van der Waals surface area (Å²) in [5.74, 6) is -1.31. The van der Waals surface area contributed by atoms with Crippen LogP contribution in [0.4, 0.5) is 4.39 Å². The second-order valence-corrected chi connectivity index (χ2v) is 5.30. The Balaban J connectivity index is 2.10. The zero-order valence-electron chi connectivity index (χ0n) is 9.48. The van der Waals surface area contributed by atoms with E-state index in [0.717, 1.165) is 17.5 Å². The van der Waals surface area contributed by atoms with Crippen LogP contribution in [0.5, 0.6) is 11.5 Å². The van der Waals surface area contributed by atoms with Gasteiger partial charge >= 0.3 is 0 Å². The van der Waals surface area contributed by atoms with Crippen LogP contribution in [0.1, 0.15) is 21.9 Å². The summed E-state index contributed by atoms with van der Waals surface area (Å²) in [6.07, 6.45) is 0. The average molecular weight is 265 g/mol. The molecule has 1 aromatic heterocycles. The normalized spacial score (nSPS) is 18.6. The molecular weight excluding hydrogens is 253 g/mol. The lowest BCUT2D eigenvalue weighted by molar-refractivity contribution is 0.397. The van der Waals surface area contributed by atoms with Crippen LogP contribution >= 0.6 is 11.3 Å². The van der Waals surface area contributed by atoms with Crippen LogP contribution in [-0.4, -0.2) is 16.8 Å². The van der Waals surface area contributed by atoms with Crippen molar-refractivity contribution in [1.82, 2.24) is 5.32 Å². The molecule has 18 heavy (non-hydrogen) atoms. The van der Waals surface area contributed by atoms with E-state index in [1.165, 1.54) is 11.6 Å². The summed E-state index contributed by atoms with van der Waals surface area (Å²) in [5.41, 5.74) is 1.59. The first kappa shape index (κ1) is 11.5. The van der Waals surface area contributed by atoms with Gasteiger partial charge in [0.15, 0.2) is 11.5 Å². The van der Waals surface area contributed by atoms with Crippen LogP contribution in [0.25, 0.3) is 0 Å². The van der Waals surface area contributed by atoms with E-state index in [1.54, 1.807) is 11.3 Å². The van der Waals surface area contributed by atoms with E-state index in [0.29, 0.717) is 12.1 Å². The molecule has 1 atom stereocenters. The number of phenols is 2. The van der Waals surface area contributed by atoms with E-state index in [1.807, 2.05) is 11.4 Å². The minimum Gasteiger partial charge on any atom is -0.504 e. The lowest BCUT2D eigenvalue weighted by atomic mass is 9.91. The van der Waals surface area contributed by atoms with E-state index in [9.17, 15) is 14.6 Å². The summed E-state index contributed by atoms with van der Waals surface area (Å²) >= 11 is 1.60. The number of fused-ring (bicyclic) bond motifs is 1. The molecule has 0 fully saturated rings. The van der Waals surface area contributed by atoms with Crippen LogP contribution < -0.4 is 5.32 Å². The molecule has 0 aliphatic carbocycles. The first-order valence-electron chi connectivity index (χ1n) is 5.65. The fourth-order valence-corrected chi connectivity index (χ4v) is 3.37. The Morgan fingerprint density at radius 2 is 2.06 bits per heavy atom. The first-order chi connectivity index (χ1) is 8.66. The van der Waals surface area contributed by atoms with Crippen molar-refractivity contribution in [2.24, 2.45) is 0 Å². The standard InChI is InChI=1S/C13H12FNO2S/c14-10-4-12(17)11(16)3-8(10)9-6-15-5-7-1-2-18-13(7)9/h1-4,9,15-17H,5-6H2. The van der Waals surface area contributed by atoms with Crippen molar-refractivity contribution >= 4 is 11.3 Å². The highest BCUT2D eigenvalue weighted by Crippen LogP contribution is 2.38. The van der Waals surface area contributed by atoms with Crippen LogP contribution in [0.15, 0.2) is 23.6 Å². The van der Waals surface area contributed by atoms with Crippen molar-refractivity contribution in [2.45, 2.75) is 12.5 Å². The Kier molecular flexibility index (Phi) is 2.72.